The molecular formula is C19H20F3NO3. The van der Waals surface area contributed by atoms with Gasteiger partial charge in [0.1, 0.15) is 0 Å². The minimum absolute atomic E-state index is 0.196. The summed E-state index contributed by atoms with van der Waals surface area (Å²) in [5.74, 6) is 0.398. The molecule has 0 radical (unpaired) electrons. The second-order valence-electron chi connectivity index (χ2n) is 5.68. The van der Waals surface area contributed by atoms with Crippen molar-refractivity contribution in [2.45, 2.75) is 19.5 Å². The molecule has 0 saturated carbocycles. The number of benzene rings is 2. The van der Waals surface area contributed by atoms with Crippen molar-refractivity contribution in [2.24, 2.45) is 0 Å². The maximum absolute atomic E-state index is 13.0. The van der Waals surface area contributed by atoms with Crippen LogP contribution in [0, 0.1) is 6.92 Å². The van der Waals surface area contributed by atoms with E-state index in [0.29, 0.717) is 17.9 Å². The Hall–Kier alpha value is -2.70. The van der Waals surface area contributed by atoms with Crippen LogP contribution in [0.5, 0.6) is 11.5 Å². The number of aryl methyl sites for hydroxylation is 1. The van der Waals surface area contributed by atoms with Gasteiger partial charge in [0.05, 0.1) is 25.3 Å². The summed E-state index contributed by atoms with van der Waals surface area (Å²) in [4.78, 5) is 12.2. The molecule has 4 nitrogen and oxygen atoms in total. The van der Waals surface area contributed by atoms with Crippen LogP contribution in [0.3, 0.4) is 0 Å². The molecule has 0 spiro atoms. The number of methoxy groups -OCH3 is 2. The number of hydrogen-bond acceptors (Lipinski definition) is 3. The number of alkyl halides is 3. The fraction of sp³-hybridized carbons (Fsp3) is 0.316. The van der Waals surface area contributed by atoms with Crippen molar-refractivity contribution in [3.8, 4) is 11.5 Å². The predicted molar refractivity (Wildman–Crippen MR) is 91.8 cm³/mol. The maximum atomic E-state index is 13.0. The normalized spacial score (nSPS) is 11.2. The standard InChI is InChI=1S/C19H20F3NO3/c1-12-10-16(25-2)17(26-3)11-13(12)8-9-23-18(24)14-6-4-5-7-15(14)19(20,21)22/h4-7,10-11H,8-9H2,1-3H3,(H,23,24). The molecule has 7 heteroatoms. The van der Waals surface area contributed by atoms with Crippen molar-refractivity contribution >= 4 is 5.91 Å². The zero-order valence-electron chi connectivity index (χ0n) is 14.7. The van der Waals surface area contributed by atoms with E-state index in [2.05, 4.69) is 5.32 Å². The van der Waals surface area contributed by atoms with Crippen LogP contribution in [0.4, 0.5) is 13.2 Å². The van der Waals surface area contributed by atoms with E-state index < -0.39 is 17.6 Å². The Kier molecular flexibility index (Phi) is 6.13. The first-order chi connectivity index (χ1) is 12.3. The number of amides is 1. The second kappa shape index (κ2) is 8.12. The molecule has 0 heterocycles. The quantitative estimate of drug-likeness (QED) is 0.839. The van der Waals surface area contributed by atoms with Crippen molar-refractivity contribution in [1.82, 2.24) is 5.32 Å². The van der Waals surface area contributed by atoms with Crippen LogP contribution < -0.4 is 14.8 Å². The molecule has 0 aliphatic carbocycles. The lowest BCUT2D eigenvalue weighted by Gasteiger charge is -2.14. The Bertz CT molecular complexity index is 788. The monoisotopic (exact) mass is 367 g/mol. The van der Waals surface area contributed by atoms with Crippen LogP contribution in [0.2, 0.25) is 0 Å². The summed E-state index contributed by atoms with van der Waals surface area (Å²) in [7, 11) is 3.06. The molecule has 0 aliphatic rings. The van der Waals surface area contributed by atoms with Crippen LogP contribution in [0.25, 0.3) is 0 Å². The number of carbonyl (C=O) groups is 1. The minimum Gasteiger partial charge on any atom is -0.493 e. The maximum Gasteiger partial charge on any atom is 0.417 e. The number of carbonyl (C=O) groups excluding carboxylic acids is 1. The number of ether oxygens (including phenoxy) is 2. The highest BCUT2D eigenvalue weighted by molar-refractivity contribution is 5.95. The summed E-state index contributed by atoms with van der Waals surface area (Å²) in [5.41, 5.74) is 0.517. The third kappa shape index (κ3) is 4.47. The van der Waals surface area contributed by atoms with E-state index in [4.69, 9.17) is 9.47 Å². The molecule has 0 bridgehead atoms. The molecule has 2 rings (SSSR count). The summed E-state index contributed by atoms with van der Waals surface area (Å²) < 4.78 is 49.5. The Morgan fingerprint density at radius 3 is 2.31 bits per heavy atom. The number of hydrogen-bond donors (Lipinski definition) is 1. The number of rotatable bonds is 6. The van der Waals surface area contributed by atoms with Gasteiger partial charge >= 0.3 is 6.18 Å². The van der Waals surface area contributed by atoms with Gasteiger partial charge in [-0.15, -0.1) is 0 Å². The van der Waals surface area contributed by atoms with E-state index in [9.17, 15) is 18.0 Å². The van der Waals surface area contributed by atoms with Gasteiger partial charge in [0.25, 0.3) is 5.91 Å². The minimum atomic E-state index is -4.58. The molecular weight excluding hydrogens is 347 g/mol. The third-order valence-corrected chi connectivity index (χ3v) is 4.00. The van der Waals surface area contributed by atoms with Crippen LogP contribution in [0.1, 0.15) is 27.0 Å². The lowest BCUT2D eigenvalue weighted by Crippen LogP contribution is -2.28. The summed E-state index contributed by atoms with van der Waals surface area (Å²) in [6.45, 7) is 2.08. The Balaban J connectivity index is 2.08. The zero-order valence-corrected chi connectivity index (χ0v) is 14.7. The number of halogens is 3. The van der Waals surface area contributed by atoms with E-state index in [1.165, 1.54) is 32.4 Å². The van der Waals surface area contributed by atoms with Gasteiger partial charge in [-0.25, -0.2) is 0 Å². The average Bonchev–Trinajstić information content (AvgIpc) is 2.61. The SMILES string of the molecule is COc1cc(C)c(CCNC(=O)c2ccccc2C(F)(F)F)cc1OC. The molecule has 0 atom stereocenters. The fourth-order valence-corrected chi connectivity index (χ4v) is 2.63. The summed E-state index contributed by atoms with van der Waals surface area (Å²) in [6, 6.07) is 8.33. The van der Waals surface area contributed by atoms with Gasteiger partial charge in [-0.3, -0.25) is 4.79 Å². The summed E-state index contributed by atoms with van der Waals surface area (Å²) in [6.07, 6.45) is -4.13. The van der Waals surface area contributed by atoms with Gasteiger partial charge in [0.15, 0.2) is 11.5 Å². The Labute approximate surface area is 149 Å². The van der Waals surface area contributed by atoms with Crippen LogP contribution >= 0.6 is 0 Å². The van der Waals surface area contributed by atoms with Crippen molar-refractivity contribution in [2.75, 3.05) is 20.8 Å². The van der Waals surface area contributed by atoms with E-state index >= 15 is 0 Å². The van der Waals surface area contributed by atoms with E-state index in [-0.39, 0.29) is 12.1 Å². The summed E-state index contributed by atoms with van der Waals surface area (Å²) in [5, 5.41) is 2.54. The first-order valence-electron chi connectivity index (χ1n) is 7.93. The van der Waals surface area contributed by atoms with E-state index in [0.717, 1.165) is 17.2 Å². The lowest BCUT2D eigenvalue weighted by atomic mass is 10.0. The van der Waals surface area contributed by atoms with Crippen molar-refractivity contribution in [1.29, 1.82) is 0 Å². The van der Waals surface area contributed by atoms with Gasteiger partial charge in [-0.2, -0.15) is 13.2 Å². The molecule has 0 aliphatic heterocycles. The molecule has 0 aromatic heterocycles. The molecule has 140 valence electrons. The molecule has 26 heavy (non-hydrogen) atoms. The first kappa shape index (κ1) is 19.6. The molecule has 2 aromatic rings. The molecule has 1 amide bonds. The van der Waals surface area contributed by atoms with Crippen molar-refractivity contribution < 1.29 is 27.4 Å². The highest BCUT2D eigenvalue weighted by Gasteiger charge is 2.34. The Morgan fingerprint density at radius 1 is 1.08 bits per heavy atom. The second-order valence-corrected chi connectivity index (χ2v) is 5.68. The number of nitrogens with one attached hydrogen (secondary N) is 1. The third-order valence-electron chi connectivity index (χ3n) is 4.00. The van der Waals surface area contributed by atoms with Gasteiger partial charge in [0, 0.05) is 6.54 Å². The van der Waals surface area contributed by atoms with Gasteiger partial charge in [-0.05, 0) is 48.7 Å². The van der Waals surface area contributed by atoms with Crippen LogP contribution in [-0.4, -0.2) is 26.7 Å². The highest BCUT2D eigenvalue weighted by atomic mass is 19.4. The van der Waals surface area contributed by atoms with Crippen molar-refractivity contribution in [3.05, 3.63) is 58.7 Å². The highest BCUT2D eigenvalue weighted by Crippen LogP contribution is 2.32. The van der Waals surface area contributed by atoms with Gasteiger partial charge in [-0.1, -0.05) is 12.1 Å². The van der Waals surface area contributed by atoms with Gasteiger partial charge < -0.3 is 14.8 Å². The molecule has 0 saturated heterocycles. The zero-order chi connectivity index (χ0) is 19.3. The molecule has 0 unspecified atom stereocenters. The fourth-order valence-electron chi connectivity index (χ4n) is 2.63. The first-order valence-corrected chi connectivity index (χ1v) is 7.93. The largest absolute Gasteiger partial charge is 0.493 e. The molecule has 1 N–H and O–H groups in total. The van der Waals surface area contributed by atoms with Crippen molar-refractivity contribution in [3.63, 3.8) is 0 Å². The smallest absolute Gasteiger partial charge is 0.417 e. The average molecular weight is 367 g/mol. The van der Waals surface area contributed by atoms with Crippen LogP contribution in [0.15, 0.2) is 36.4 Å². The molecule has 0 fully saturated rings. The topological polar surface area (TPSA) is 47.6 Å². The van der Waals surface area contributed by atoms with E-state index in [1.54, 1.807) is 6.07 Å². The molecule has 2 aromatic carbocycles. The van der Waals surface area contributed by atoms with E-state index in [1.807, 2.05) is 13.0 Å². The lowest BCUT2D eigenvalue weighted by molar-refractivity contribution is -0.137. The Morgan fingerprint density at radius 2 is 1.69 bits per heavy atom. The summed E-state index contributed by atoms with van der Waals surface area (Å²) >= 11 is 0. The predicted octanol–water partition coefficient (Wildman–Crippen LogP) is 4.00. The van der Waals surface area contributed by atoms with Gasteiger partial charge in [0.2, 0.25) is 0 Å². The van der Waals surface area contributed by atoms with Crippen LogP contribution in [-0.2, 0) is 12.6 Å².